The maximum Gasteiger partial charge on any atom is 0.0626 e. The fourth-order valence-electron chi connectivity index (χ4n) is 3.03. The zero-order valence-electron chi connectivity index (χ0n) is 11.3. The van der Waals surface area contributed by atoms with Crippen LogP contribution in [0.15, 0.2) is 30.3 Å². The van der Waals surface area contributed by atoms with Gasteiger partial charge in [0.15, 0.2) is 0 Å². The molecule has 2 rings (SSSR count). The Labute approximate surface area is 110 Å². The van der Waals surface area contributed by atoms with E-state index in [2.05, 4.69) is 24.4 Å². The highest BCUT2D eigenvalue weighted by Gasteiger charge is 2.20. The van der Waals surface area contributed by atoms with E-state index in [4.69, 9.17) is 0 Å². The van der Waals surface area contributed by atoms with Crippen LogP contribution in [0.1, 0.15) is 44.2 Å². The number of aliphatic hydroxyl groups excluding tert-OH is 1. The Kier molecular flexibility index (Phi) is 5.21. The maximum atomic E-state index is 9.50. The van der Waals surface area contributed by atoms with Gasteiger partial charge in [-0.25, -0.2) is 0 Å². The number of hydrogen-bond acceptors (Lipinski definition) is 2. The molecule has 0 radical (unpaired) electrons. The van der Waals surface area contributed by atoms with Gasteiger partial charge in [0.25, 0.3) is 0 Å². The normalized spacial score (nSPS) is 25.9. The largest absolute Gasteiger partial charge is 0.394 e. The molecule has 1 fully saturated rings. The van der Waals surface area contributed by atoms with Crippen LogP contribution in [0.25, 0.3) is 0 Å². The molecule has 0 heterocycles. The molecular weight excluding hydrogens is 222 g/mol. The second kappa shape index (κ2) is 6.91. The fourth-order valence-corrected chi connectivity index (χ4v) is 3.03. The molecule has 1 aromatic carbocycles. The van der Waals surface area contributed by atoms with Crippen LogP contribution in [-0.2, 0) is 0 Å². The van der Waals surface area contributed by atoms with E-state index in [-0.39, 0.29) is 12.6 Å². The number of rotatable bonds is 5. The summed E-state index contributed by atoms with van der Waals surface area (Å²) in [5.74, 6) is 1.65. The van der Waals surface area contributed by atoms with Gasteiger partial charge >= 0.3 is 0 Å². The van der Waals surface area contributed by atoms with Crippen molar-refractivity contribution in [2.24, 2.45) is 11.8 Å². The van der Waals surface area contributed by atoms with E-state index in [1.807, 2.05) is 18.2 Å². The Morgan fingerprint density at radius 3 is 2.72 bits per heavy atom. The van der Waals surface area contributed by atoms with E-state index < -0.39 is 0 Å². The third-order valence-corrected chi connectivity index (χ3v) is 4.08. The first-order valence-corrected chi connectivity index (χ1v) is 7.18. The first-order valence-electron chi connectivity index (χ1n) is 7.18. The average molecular weight is 247 g/mol. The number of nitrogens with one attached hydrogen (secondary N) is 1. The highest BCUT2D eigenvalue weighted by atomic mass is 16.3. The number of benzene rings is 1. The molecule has 1 aliphatic carbocycles. The Balaban J connectivity index is 1.84. The minimum absolute atomic E-state index is 0.0865. The molecule has 18 heavy (non-hydrogen) atoms. The van der Waals surface area contributed by atoms with Crippen molar-refractivity contribution < 1.29 is 5.11 Å². The summed E-state index contributed by atoms with van der Waals surface area (Å²) in [4.78, 5) is 0. The SMILES string of the molecule is CC1CCCC(CNC(CO)c2ccccc2)C1. The Bertz CT molecular complexity index is 338. The van der Waals surface area contributed by atoms with Gasteiger partial charge in [-0.3, -0.25) is 0 Å². The molecule has 0 bridgehead atoms. The van der Waals surface area contributed by atoms with Gasteiger partial charge in [-0.2, -0.15) is 0 Å². The lowest BCUT2D eigenvalue weighted by atomic mass is 9.82. The van der Waals surface area contributed by atoms with E-state index in [9.17, 15) is 5.11 Å². The molecule has 0 amide bonds. The molecule has 0 saturated heterocycles. The van der Waals surface area contributed by atoms with Gasteiger partial charge in [-0.1, -0.05) is 50.1 Å². The van der Waals surface area contributed by atoms with Gasteiger partial charge in [0.1, 0.15) is 0 Å². The van der Waals surface area contributed by atoms with E-state index >= 15 is 0 Å². The van der Waals surface area contributed by atoms with Gasteiger partial charge in [0.05, 0.1) is 12.6 Å². The van der Waals surface area contributed by atoms with Crippen molar-refractivity contribution in [1.29, 1.82) is 0 Å². The molecule has 1 aromatic rings. The van der Waals surface area contributed by atoms with Crippen LogP contribution in [0.2, 0.25) is 0 Å². The predicted octanol–water partition coefficient (Wildman–Crippen LogP) is 3.14. The van der Waals surface area contributed by atoms with Gasteiger partial charge in [0, 0.05) is 0 Å². The summed E-state index contributed by atoms with van der Waals surface area (Å²) in [6.45, 7) is 3.56. The molecule has 1 aliphatic rings. The van der Waals surface area contributed by atoms with Crippen LogP contribution in [0.5, 0.6) is 0 Å². The molecule has 2 heteroatoms. The zero-order chi connectivity index (χ0) is 12.8. The summed E-state index contributed by atoms with van der Waals surface area (Å²) in [7, 11) is 0. The zero-order valence-corrected chi connectivity index (χ0v) is 11.3. The monoisotopic (exact) mass is 247 g/mol. The van der Waals surface area contributed by atoms with Crippen molar-refractivity contribution in [2.75, 3.05) is 13.2 Å². The molecule has 0 spiro atoms. The van der Waals surface area contributed by atoms with Crippen LogP contribution >= 0.6 is 0 Å². The lowest BCUT2D eigenvalue weighted by molar-refractivity contribution is 0.220. The molecule has 3 atom stereocenters. The lowest BCUT2D eigenvalue weighted by Crippen LogP contribution is -2.31. The third-order valence-electron chi connectivity index (χ3n) is 4.08. The van der Waals surface area contributed by atoms with Crippen molar-refractivity contribution >= 4 is 0 Å². The fraction of sp³-hybridized carbons (Fsp3) is 0.625. The van der Waals surface area contributed by atoms with E-state index in [0.717, 1.165) is 18.4 Å². The van der Waals surface area contributed by atoms with Crippen LogP contribution < -0.4 is 5.32 Å². The predicted molar refractivity (Wildman–Crippen MR) is 75.4 cm³/mol. The van der Waals surface area contributed by atoms with Crippen LogP contribution in [0, 0.1) is 11.8 Å². The topological polar surface area (TPSA) is 32.3 Å². The second-order valence-electron chi connectivity index (χ2n) is 5.69. The van der Waals surface area contributed by atoms with E-state index in [1.54, 1.807) is 0 Å². The van der Waals surface area contributed by atoms with Crippen molar-refractivity contribution in [2.45, 2.75) is 38.6 Å². The minimum atomic E-state index is 0.0865. The average Bonchev–Trinajstić information content (AvgIpc) is 2.41. The molecule has 0 aliphatic heterocycles. The summed E-state index contributed by atoms with van der Waals surface area (Å²) >= 11 is 0. The molecule has 100 valence electrons. The van der Waals surface area contributed by atoms with Crippen molar-refractivity contribution in [3.8, 4) is 0 Å². The van der Waals surface area contributed by atoms with Crippen molar-refractivity contribution in [1.82, 2.24) is 5.32 Å². The van der Waals surface area contributed by atoms with E-state index in [1.165, 1.54) is 31.2 Å². The molecule has 2 N–H and O–H groups in total. The summed E-state index contributed by atoms with van der Waals surface area (Å²) in [5.41, 5.74) is 1.18. The summed E-state index contributed by atoms with van der Waals surface area (Å²) in [6.07, 6.45) is 5.42. The number of hydrogen-bond donors (Lipinski definition) is 2. The third kappa shape index (κ3) is 3.82. The standard InChI is InChI=1S/C16H25NO/c1-13-6-5-7-14(10-13)11-17-16(12-18)15-8-3-2-4-9-15/h2-4,8-9,13-14,16-18H,5-7,10-12H2,1H3. The Morgan fingerprint density at radius 1 is 1.28 bits per heavy atom. The van der Waals surface area contributed by atoms with Gasteiger partial charge in [-0.05, 0) is 36.8 Å². The quantitative estimate of drug-likeness (QED) is 0.838. The summed E-state index contributed by atoms with van der Waals surface area (Å²) < 4.78 is 0. The highest BCUT2D eigenvalue weighted by molar-refractivity contribution is 5.18. The molecule has 1 saturated carbocycles. The molecule has 3 unspecified atom stereocenters. The van der Waals surface area contributed by atoms with Crippen LogP contribution in [-0.4, -0.2) is 18.3 Å². The van der Waals surface area contributed by atoms with Gasteiger partial charge in [0.2, 0.25) is 0 Å². The van der Waals surface area contributed by atoms with Crippen LogP contribution in [0.4, 0.5) is 0 Å². The number of aliphatic hydroxyl groups is 1. The highest BCUT2D eigenvalue weighted by Crippen LogP contribution is 2.28. The Morgan fingerprint density at radius 2 is 2.06 bits per heavy atom. The summed E-state index contributed by atoms with van der Waals surface area (Å²) in [6, 6.07) is 10.3. The van der Waals surface area contributed by atoms with E-state index in [0.29, 0.717) is 0 Å². The summed E-state index contributed by atoms with van der Waals surface area (Å²) in [5, 5.41) is 13.0. The first kappa shape index (κ1) is 13.6. The first-order chi connectivity index (χ1) is 8.79. The second-order valence-corrected chi connectivity index (χ2v) is 5.69. The molecule has 0 aromatic heterocycles. The van der Waals surface area contributed by atoms with Crippen molar-refractivity contribution in [3.63, 3.8) is 0 Å². The molecule has 2 nitrogen and oxygen atoms in total. The van der Waals surface area contributed by atoms with Crippen LogP contribution in [0.3, 0.4) is 0 Å². The Hall–Kier alpha value is -0.860. The lowest BCUT2D eigenvalue weighted by Gasteiger charge is -2.28. The molecular formula is C16H25NO. The minimum Gasteiger partial charge on any atom is -0.394 e. The van der Waals surface area contributed by atoms with Crippen molar-refractivity contribution in [3.05, 3.63) is 35.9 Å². The van der Waals surface area contributed by atoms with Gasteiger partial charge < -0.3 is 10.4 Å². The maximum absolute atomic E-state index is 9.50. The smallest absolute Gasteiger partial charge is 0.0626 e. The van der Waals surface area contributed by atoms with Gasteiger partial charge in [-0.15, -0.1) is 0 Å².